The molecule has 2 rings (SSSR count). The first-order chi connectivity index (χ1) is 8.06. The van der Waals surface area contributed by atoms with E-state index in [1.165, 1.54) is 18.2 Å². The second kappa shape index (κ2) is 4.63. The molecule has 0 saturated carbocycles. The van der Waals surface area contributed by atoms with Crippen LogP contribution in [0.1, 0.15) is 5.56 Å². The SMILES string of the molecule is Cc1ccc(N)cc1Nc1cc(F)ccc1Cl. The van der Waals surface area contributed by atoms with Gasteiger partial charge in [0.05, 0.1) is 10.7 Å². The Morgan fingerprint density at radius 3 is 2.65 bits per heavy atom. The number of nitrogen functional groups attached to an aromatic ring is 1. The summed E-state index contributed by atoms with van der Waals surface area (Å²) in [6, 6.07) is 9.68. The highest BCUT2D eigenvalue weighted by Crippen LogP contribution is 2.28. The molecule has 0 aliphatic heterocycles. The number of anilines is 3. The van der Waals surface area contributed by atoms with Gasteiger partial charge in [0.1, 0.15) is 5.82 Å². The first-order valence-corrected chi connectivity index (χ1v) is 5.52. The summed E-state index contributed by atoms with van der Waals surface area (Å²) in [5, 5.41) is 3.54. The number of nitrogens with one attached hydrogen (secondary N) is 1. The molecule has 2 aromatic rings. The molecular formula is C13H12ClFN2. The predicted octanol–water partition coefficient (Wildman–Crippen LogP) is 4.11. The predicted molar refractivity (Wildman–Crippen MR) is 70.3 cm³/mol. The third-order valence-corrected chi connectivity index (χ3v) is 2.79. The van der Waals surface area contributed by atoms with E-state index in [2.05, 4.69) is 5.32 Å². The maximum Gasteiger partial charge on any atom is 0.125 e. The molecular weight excluding hydrogens is 239 g/mol. The van der Waals surface area contributed by atoms with Crippen LogP contribution in [0.3, 0.4) is 0 Å². The van der Waals surface area contributed by atoms with Crippen LogP contribution in [0.15, 0.2) is 36.4 Å². The van der Waals surface area contributed by atoms with E-state index in [9.17, 15) is 4.39 Å². The Morgan fingerprint density at radius 2 is 1.88 bits per heavy atom. The molecule has 3 N–H and O–H groups in total. The summed E-state index contributed by atoms with van der Waals surface area (Å²) in [7, 11) is 0. The van der Waals surface area contributed by atoms with Gasteiger partial charge >= 0.3 is 0 Å². The van der Waals surface area contributed by atoms with Gasteiger partial charge in [-0.1, -0.05) is 17.7 Å². The van der Waals surface area contributed by atoms with E-state index in [0.29, 0.717) is 16.4 Å². The Hall–Kier alpha value is -1.74. The van der Waals surface area contributed by atoms with E-state index in [4.69, 9.17) is 17.3 Å². The molecule has 2 nitrogen and oxygen atoms in total. The average Bonchev–Trinajstić information content (AvgIpc) is 2.28. The van der Waals surface area contributed by atoms with Crippen LogP contribution in [0.25, 0.3) is 0 Å². The minimum atomic E-state index is -0.335. The lowest BCUT2D eigenvalue weighted by Gasteiger charge is -2.11. The number of hydrogen-bond acceptors (Lipinski definition) is 2. The van der Waals surface area contributed by atoms with Crippen molar-refractivity contribution in [3.8, 4) is 0 Å². The highest BCUT2D eigenvalue weighted by Gasteiger charge is 2.04. The third-order valence-electron chi connectivity index (χ3n) is 2.46. The largest absolute Gasteiger partial charge is 0.399 e. The van der Waals surface area contributed by atoms with Crippen molar-refractivity contribution < 1.29 is 4.39 Å². The van der Waals surface area contributed by atoms with Gasteiger partial charge in [0.15, 0.2) is 0 Å². The standard InChI is InChI=1S/C13H12ClFN2/c1-8-2-4-10(16)7-12(8)17-13-6-9(15)3-5-11(13)14/h2-7,17H,16H2,1H3. The molecule has 0 amide bonds. The molecule has 0 heterocycles. The second-order valence-electron chi connectivity index (χ2n) is 3.82. The molecule has 4 heteroatoms. The highest BCUT2D eigenvalue weighted by atomic mass is 35.5. The molecule has 88 valence electrons. The van der Waals surface area contributed by atoms with Crippen LogP contribution in [-0.2, 0) is 0 Å². The lowest BCUT2D eigenvalue weighted by atomic mass is 10.1. The van der Waals surface area contributed by atoms with Crippen molar-refractivity contribution in [1.29, 1.82) is 0 Å². The van der Waals surface area contributed by atoms with Gasteiger partial charge in [-0.3, -0.25) is 0 Å². The van der Waals surface area contributed by atoms with Crippen molar-refractivity contribution in [3.05, 3.63) is 52.8 Å². The monoisotopic (exact) mass is 250 g/mol. The topological polar surface area (TPSA) is 38.0 Å². The molecule has 0 unspecified atom stereocenters. The molecule has 0 aromatic heterocycles. The molecule has 0 spiro atoms. The molecule has 2 aromatic carbocycles. The fraction of sp³-hybridized carbons (Fsp3) is 0.0769. The summed E-state index contributed by atoms with van der Waals surface area (Å²) in [4.78, 5) is 0. The van der Waals surface area contributed by atoms with Crippen LogP contribution in [0.5, 0.6) is 0 Å². The molecule has 17 heavy (non-hydrogen) atoms. The zero-order valence-corrected chi connectivity index (χ0v) is 10.1. The van der Waals surface area contributed by atoms with Crippen molar-refractivity contribution >= 4 is 28.7 Å². The summed E-state index contributed by atoms with van der Waals surface area (Å²) >= 11 is 5.98. The maximum absolute atomic E-state index is 13.1. The Bertz CT molecular complexity index is 506. The van der Waals surface area contributed by atoms with Crippen LogP contribution in [0, 0.1) is 12.7 Å². The Labute approximate surface area is 104 Å². The number of hydrogen-bond donors (Lipinski definition) is 2. The molecule has 0 aliphatic rings. The van der Waals surface area contributed by atoms with Crippen molar-refractivity contribution in [3.63, 3.8) is 0 Å². The first-order valence-electron chi connectivity index (χ1n) is 5.14. The summed E-state index contributed by atoms with van der Waals surface area (Å²) in [6.45, 7) is 1.94. The number of nitrogens with two attached hydrogens (primary N) is 1. The summed E-state index contributed by atoms with van der Waals surface area (Å²) in [6.07, 6.45) is 0. The lowest BCUT2D eigenvalue weighted by Crippen LogP contribution is -1.96. The van der Waals surface area contributed by atoms with Gasteiger partial charge in [-0.05, 0) is 42.8 Å². The van der Waals surface area contributed by atoms with Crippen LogP contribution < -0.4 is 11.1 Å². The van der Waals surface area contributed by atoms with Gasteiger partial charge in [-0.15, -0.1) is 0 Å². The van der Waals surface area contributed by atoms with E-state index in [1.807, 2.05) is 19.1 Å². The highest BCUT2D eigenvalue weighted by molar-refractivity contribution is 6.33. The molecule has 0 bridgehead atoms. The number of aryl methyl sites for hydroxylation is 1. The fourth-order valence-corrected chi connectivity index (χ4v) is 1.68. The normalized spacial score (nSPS) is 10.3. The van der Waals surface area contributed by atoms with Crippen LogP contribution in [0.2, 0.25) is 5.02 Å². The van der Waals surface area contributed by atoms with Gasteiger partial charge < -0.3 is 11.1 Å². The number of halogens is 2. The van der Waals surface area contributed by atoms with Crippen molar-refractivity contribution in [2.24, 2.45) is 0 Å². The number of rotatable bonds is 2. The molecule has 0 fully saturated rings. The summed E-state index contributed by atoms with van der Waals surface area (Å²) in [5.74, 6) is -0.335. The van der Waals surface area contributed by atoms with E-state index in [1.54, 1.807) is 6.07 Å². The third kappa shape index (κ3) is 2.68. The van der Waals surface area contributed by atoms with Gasteiger partial charge in [-0.25, -0.2) is 4.39 Å². The summed E-state index contributed by atoms with van der Waals surface area (Å²) < 4.78 is 13.1. The molecule has 0 atom stereocenters. The van der Waals surface area contributed by atoms with Crippen LogP contribution >= 0.6 is 11.6 Å². The lowest BCUT2D eigenvalue weighted by molar-refractivity contribution is 0.628. The molecule has 0 radical (unpaired) electrons. The Balaban J connectivity index is 2.37. The zero-order chi connectivity index (χ0) is 12.4. The smallest absolute Gasteiger partial charge is 0.125 e. The number of benzene rings is 2. The summed E-state index contributed by atoms with van der Waals surface area (Å²) in [5.41, 5.74) is 8.70. The van der Waals surface area contributed by atoms with Crippen LogP contribution in [0.4, 0.5) is 21.5 Å². The van der Waals surface area contributed by atoms with Gasteiger partial charge in [0.25, 0.3) is 0 Å². The van der Waals surface area contributed by atoms with E-state index in [0.717, 1.165) is 11.3 Å². The van der Waals surface area contributed by atoms with Crippen molar-refractivity contribution in [2.75, 3.05) is 11.1 Å². The molecule has 0 saturated heterocycles. The van der Waals surface area contributed by atoms with Crippen molar-refractivity contribution in [1.82, 2.24) is 0 Å². The average molecular weight is 251 g/mol. The zero-order valence-electron chi connectivity index (χ0n) is 9.30. The first kappa shape index (κ1) is 11.7. The van der Waals surface area contributed by atoms with Crippen molar-refractivity contribution in [2.45, 2.75) is 6.92 Å². The van der Waals surface area contributed by atoms with E-state index >= 15 is 0 Å². The van der Waals surface area contributed by atoms with Crippen LogP contribution in [-0.4, -0.2) is 0 Å². The maximum atomic E-state index is 13.1. The van der Waals surface area contributed by atoms with E-state index < -0.39 is 0 Å². The minimum absolute atomic E-state index is 0.335. The minimum Gasteiger partial charge on any atom is -0.399 e. The van der Waals surface area contributed by atoms with E-state index in [-0.39, 0.29) is 5.82 Å². The Morgan fingerprint density at radius 1 is 1.12 bits per heavy atom. The Kier molecular flexibility index (Phi) is 3.20. The van der Waals surface area contributed by atoms with Gasteiger partial charge in [0.2, 0.25) is 0 Å². The molecule has 0 aliphatic carbocycles. The fourth-order valence-electron chi connectivity index (χ4n) is 1.51. The quantitative estimate of drug-likeness (QED) is 0.787. The van der Waals surface area contributed by atoms with Gasteiger partial charge in [-0.2, -0.15) is 0 Å². The second-order valence-corrected chi connectivity index (χ2v) is 4.23. The van der Waals surface area contributed by atoms with Gasteiger partial charge in [0, 0.05) is 11.4 Å².